The molecule has 0 saturated heterocycles. The van der Waals surface area contributed by atoms with Gasteiger partial charge in [0.05, 0.1) is 25.2 Å². The minimum Gasteiger partial charge on any atom is -0.508 e. The molecule has 0 saturated carbocycles. The molecule has 2 rings (SSSR count). The number of carbonyl (C=O) groups excluding carboxylic acids is 3. The van der Waals surface area contributed by atoms with E-state index in [9.17, 15) is 28.8 Å². The fourth-order valence-electron chi connectivity index (χ4n) is 3.63. The van der Waals surface area contributed by atoms with Gasteiger partial charge >= 0.3 is 0 Å². The highest BCUT2D eigenvalue weighted by Crippen LogP contribution is 2.11. The van der Waals surface area contributed by atoms with Gasteiger partial charge in [-0.1, -0.05) is 42.5 Å². The average Bonchev–Trinajstić information content (AvgIpc) is 2.89. The largest absolute Gasteiger partial charge is 0.508 e. The molecule has 202 valence electrons. The Labute approximate surface area is 219 Å². The first-order valence-electron chi connectivity index (χ1n) is 11.9. The Bertz CT molecular complexity index is 1050. The molecule has 0 fully saturated rings. The number of amides is 3. The highest BCUT2D eigenvalue weighted by Gasteiger charge is 2.26. The second-order valence-corrected chi connectivity index (χ2v) is 10.4. The Morgan fingerprint density at radius 3 is 2.22 bits per heavy atom. The topological polar surface area (TPSA) is 162 Å². The lowest BCUT2D eigenvalue weighted by molar-refractivity contribution is -0.135. The van der Waals surface area contributed by atoms with E-state index in [1.165, 1.54) is 23.3 Å². The van der Waals surface area contributed by atoms with Crippen molar-refractivity contribution < 1.29 is 28.8 Å². The molecule has 37 heavy (non-hydrogen) atoms. The van der Waals surface area contributed by atoms with Crippen molar-refractivity contribution in [2.45, 2.75) is 37.4 Å². The van der Waals surface area contributed by atoms with Crippen molar-refractivity contribution in [1.29, 1.82) is 0 Å². The molecule has 0 bridgehead atoms. The van der Waals surface area contributed by atoms with Crippen molar-refractivity contribution in [3.63, 3.8) is 0 Å². The monoisotopic (exact) mass is 532 g/mol. The van der Waals surface area contributed by atoms with Gasteiger partial charge in [0.1, 0.15) is 11.8 Å². The SMILES string of the molecule is CN(C(=O)CNC(=O)[C@@H](CCS(C)=O)NC(=O)[C@@H](N)Cc1ccc(O)cc1)[C@H](CO)Cc1ccccc1. The number of hydrogen-bond acceptors (Lipinski definition) is 7. The van der Waals surface area contributed by atoms with Crippen LogP contribution in [0.15, 0.2) is 54.6 Å². The summed E-state index contributed by atoms with van der Waals surface area (Å²) in [5.41, 5.74) is 7.71. The van der Waals surface area contributed by atoms with Crippen molar-refractivity contribution in [3.05, 3.63) is 65.7 Å². The van der Waals surface area contributed by atoms with Crippen molar-refractivity contribution in [2.24, 2.45) is 5.73 Å². The minimum atomic E-state index is -1.20. The summed E-state index contributed by atoms with van der Waals surface area (Å²) >= 11 is 0. The van der Waals surface area contributed by atoms with Crippen molar-refractivity contribution in [1.82, 2.24) is 15.5 Å². The maximum atomic E-state index is 12.9. The zero-order valence-corrected chi connectivity index (χ0v) is 21.9. The standard InChI is InChI=1S/C26H36N4O6S/c1-30(20(17-31)14-18-6-4-3-5-7-18)24(33)16-28-26(35)23(12-13-37(2)36)29-25(34)22(27)15-19-8-10-21(32)11-9-19/h3-11,20,22-23,31-32H,12-17,27H2,1-2H3,(H,28,35)(H,29,34)/t20-,22-,23+,37?/m0/s1. The van der Waals surface area contributed by atoms with Gasteiger partial charge in [0.2, 0.25) is 17.7 Å². The molecule has 2 aromatic rings. The van der Waals surface area contributed by atoms with Crippen molar-refractivity contribution in [3.8, 4) is 5.75 Å². The third-order valence-corrected chi connectivity index (χ3v) is 6.75. The van der Waals surface area contributed by atoms with Gasteiger partial charge in [-0.05, 0) is 42.5 Å². The van der Waals surface area contributed by atoms with Crippen LogP contribution in [0, 0.1) is 0 Å². The minimum absolute atomic E-state index is 0.0941. The number of likely N-dealkylation sites (N-methyl/N-ethyl adjacent to an activating group) is 1. The number of phenolic OH excluding ortho intramolecular Hbond substituents is 1. The van der Waals surface area contributed by atoms with Gasteiger partial charge in [0, 0.05) is 29.9 Å². The number of phenols is 1. The van der Waals surface area contributed by atoms with Crippen LogP contribution >= 0.6 is 0 Å². The third-order valence-electron chi connectivity index (χ3n) is 5.94. The molecule has 0 aliphatic carbocycles. The lowest BCUT2D eigenvalue weighted by atomic mass is 10.0. The summed E-state index contributed by atoms with van der Waals surface area (Å²) in [6, 6.07) is 13.2. The van der Waals surface area contributed by atoms with Crippen LogP contribution in [-0.4, -0.2) is 87.4 Å². The van der Waals surface area contributed by atoms with Crippen LogP contribution in [0.3, 0.4) is 0 Å². The first kappa shape index (κ1) is 29.9. The summed E-state index contributed by atoms with van der Waals surface area (Å²) in [5, 5.41) is 24.3. The summed E-state index contributed by atoms with van der Waals surface area (Å²) in [6.45, 7) is -0.577. The Balaban J connectivity index is 1.96. The smallest absolute Gasteiger partial charge is 0.243 e. The van der Waals surface area contributed by atoms with E-state index in [0.29, 0.717) is 6.42 Å². The number of nitrogens with two attached hydrogens (primary N) is 1. The molecular formula is C26H36N4O6S. The Morgan fingerprint density at radius 1 is 1.00 bits per heavy atom. The molecule has 0 aliphatic rings. The first-order chi connectivity index (χ1) is 17.6. The number of rotatable bonds is 14. The number of carbonyl (C=O) groups is 3. The maximum Gasteiger partial charge on any atom is 0.243 e. The predicted octanol–water partition coefficient (Wildman–Crippen LogP) is -0.306. The molecule has 0 heterocycles. The second-order valence-electron chi connectivity index (χ2n) is 8.85. The van der Waals surface area contributed by atoms with E-state index in [1.54, 1.807) is 19.2 Å². The highest BCUT2D eigenvalue weighted by molar-refractivity contribution is 7.84. The predicted molar refractivity (Wildman–Crippen MR) is 142 cm³/mol. The fraction of sp³-hybridized carbons (Fsp3) is 0.423. The van der Waals surface area contributed by atoms with E-state index in [0.717, 1.165) is 11.1 Å². The Hall–Kier alpha value is -3.28. The van der Waals surface area contributed by atoms with Crippen molar-refractivity contribution in [2.75, 3.05) is 32.2 Å². The van der Waals surface area contributed by atoms with E-state index in [2.05, 4.69) is 10.6 Å². The number of benzene rings is 2. The Kier molecular flexibility index (Phi) is 12.2. The zero-order chi connectivity index (χ0) is 27.4. The molecule has 10 nitrogen and oxygen atoms in total. The van der Waals surface area contributed by atoms with E-state index >= 15 is 0 Å². The number of aliphatic hydroxyl groups excluding tert-OH is 1. The number of aromatic hydroxyl groups is 1. The lowest BCUT2D eigenvalue weighted by Gasteiger charge is -2.27. The average molecular weight is 533 g/mol. The van der Waals surface area contributed by atoms with Gasteiger partial charge in [0.25, 0.3) is 0 Å². The zero-order valence-electron chi connectivity index (χ0n) is 21.1. The summed E-state index contributed by atoms with van der Waals surface area (Å²) in [4.78, 5) is 39.6. The molecular weight excluding hydrogens is 496 g/mol. The molecule has 0 spiro atoms. The molecule has 2 aromatic carbocycles. The van der Waals surface area contributed by atoms with Crippen LogP contribution in [0.5, 0.6) is 5.75 Å². The van der Waals surface area contributed by atoms with E-state index in [1.807, 2.05) is 30.3 Å². The molecule has 4 atom stereocenters. The summed E-state index contributed by atoms with van der Waals surface area (Å²) in [7, 11) is 0.357. The summed E-state index contributed by atoms with van der Waals surface area (Å²) < 4.78 is 11.6. The third kappa shape index (κ3) is 10.3. The molecule has 6 N–H and O–H groups in total. The molecule has 3 amide bonds. The Morgan fingerprint density at radius 2 is 1.62 bits per heavy atom. The second kappa shape index (κ2) is 15.1. The van der Waals surface area contributed by atoms with Gasteiger partial charge in [0.15, 0.2) is 0 Å². The van der Waals surface area contributed by atoms with Crippen LogP contribution < -0.4 is 16.4 Å². The molecule has 11 heteroatoms. The highest BCUT2D eigenvalue weighted by atomic mass is 32.2. The fourth-order valence-corrected chi connectivity index (χ4v) is 4.20. The maximum absolute atomic E-state index is 12.9. The summed E-state index contributed by atoms with van der Waals surface area (Å²) in [6.07, 6.45) is 2.23. The van der Waals surface area contributed by atoms with Gasteiger partial charge in [-0.25, -0.2) is 0 Å². The van der Waals surface area contributed by atoms with Crippen LogP contribution in [0.4, 0.5) is 0 Å². The number of hydrogen-bond donors (Lipinski definition) is 5. The quantitative estimate of drug-likeness (QED) is 0.223. The van der Waals surface area contributed by atoms with E-state index < -0.39 is 46.6 Å². The van der Waals surface area contributed by atoms with Gasteiger partial charge in [-0.2, -0.15) is 0 Å². The van der Waals surface area contributed by atoms with Crippen LogP contribution in [-0.2, 0) is 38.0 Å². The first-order valence-corrected chi connectivity index (χ1v) is 13.7. The van der Waals surface area contributed by atoms with Crippen LogP contribution in [0.1, 0.15) is 17.5 Å². The molecule has 0 radical (unpaired) electrons. The van der Waals surface area contributed by atoms with Gasteiger partial charge in [-0.3, -0.25) is 18.6 Å². The van der Waals surface area contributed by atoms with Crippen LogP contribution in [0.2, 0.25) is 0 Å². The number of nitrogens with zero attached hydrogens (tertiary/aromatic N) is 1. The normalized spacial score (nSPS) is 14.2. The van der Waals surface area contributed by atoms with Gasteiger partial charge < -0.3 is 31.5 Å². The number of nitrogens with one attached hydrogen (secondary N) is 2. The number of aliphatic hydroxyl groups is 1. The van der Waals surface area contributed by atoms with E-state index in [4.69, 9.17) is 5.73 Å². The molecule has 0 aliphatic heterocycles. The summed E-state index contributed by atoms with van der Waals surface area (Å²) in [5.74, 6) is -1.31. The van der Waals surface area contributed by atoms with Crippen molar-refractivity contribution >= 4 is 28.5 Å². The molecule has 0 aromatic heterocycles. The van der Waals surface area contributed by atoms with Crippen LogP contribution in [0.25, 0.3) is 0 Å². The molecule has 1 unspecified atom stereocenters. The van der Waals surface area contributed by atoms with Gasteiger partial charge in [-0.15, -0.1) is 0 Å². The lowest BCUT2D eigenvalue weighted by Crippen LogP contribution is -2.54. The van der Waals surface area contributed by atoms with E-state index in [-0.39, 0.29) is 37.5 Å².